The molecule has 0 saturated heterocycles. The highest BCUT2D eigenvalue weighted by Crippen LogP contribution is 2.33. The van der Waals surface area contributed by atoms with Gasteiger partial charge < -0.3 is 25.8 Å². The number of fused-ring (bicyclic) bond motifs is 2. The number of anilines is 2. The van der Waals surface area contributed by atoms with Crippen molar-refractivity contribution in [1.82, 2.24) is 19.9 Å². The second-order valence-corrected chi connectivity index (χ2v) is 7.54. The molecule has 0 aliphatic heterocycles. The van der Waals surface area contributed by atoms with E-state index in [0.717, 1.165) is 50.8 Å². The fourth-order valence-electron chi connectivity index (χ4n) is 4.11. The van der Waals surface area contributed by atoms with Crippen LogP contribution < -0.4 is 15.8 Å². The average molecular weight is 412 g/mol. The van der Waals surface area contributed by atoms with Gasteiger partial charge in [0, 0.05) is 46.3 Å². The molecule has 0 atom stereocenters. The quantitative estimate of drug-likeness (QED) is 0.325. The molecule has 0 aliphatic rings. The van der Waals surface area contributed by atoms with Crippen molar-refractivity contribution < 1.29 is 4.74 Å². The number of rotatable bonds is 6. The first kappa shape index (κ1) is 19.0. The van der Waals surface area contributed by atoms with Crippen LogP contribution in [0, 0.1) is 6.92 Å². The number of nitrogens with one attached hydrogen (secondary N) is 3. The SMILES string of the molecule is COc1ccc2[nH]cc(CCNc3nc(C)c(-c4cccc5[nH]ccc45)c(N)n3)c2c1. The van der Waals surface area contributed by atoms with E-state index in [0.29, 0.717) is 18.3 Å². The molecule has 31 heavy (non-hydrogen) atoms. The van der Waals surface area contributed by atoms with Crippen molar-refractivity contribution in [2.24, 2.45) is 0 Å². The van der Waals surface area contributed by atoms with Crippen LogP contribution in [0.15, 0.2) is 54.9 Å². The number of methoxy groups -OCH3 is 1. The van der Waals surface area contributed by atoms with Gasteiger partial charge in [0.2, 0.25) is 5.95 Å². The molecule has 5 aromatic rings. The number of hydrogen-bond acceptors (Lipinski definition) is 5. The number of hydrogen-bond donors (Lipinski definition) is 4. The van der Waals surface area contributed by atoms with Crippen LogP contribution in [0.1, 0.15) is 11.3 Å². The van der Waals surface area contributed by atoms with Crippen molar-refractivity contribution in [3.63, 3.8) is 0 Å². The normalized spacial score (nSPS) is 11.3. The number of nitrogen functional groups attached to an aromatic ring is 1. The Labute approximate surface area is 179 Å². The molecule has 0 fully saturated rings. The van der Waals surface area contributed by atoms with Crippen LogP contribution in [-0.2, 0) is 6.42 Å². The Morgan fingerprint density at radius 1 is 1.03 bits per heavy atom. The molecule has 3 aromatic heterocycles. The lowest BCUT2D eigenvalue weighted by Crippen LogP contribution is -2.11. The van der Waals surface area contributed by atoms with Crippen molar-refractivity contribution in [3.8, 4) is 16.9 Å². The average Bonchev–Trinajstić information content (AvgIpc) is 3.40. The second kappa shape index (κ2) is 7.68. The summed E-state index contributed by atoms with van der Waals surface area (Å²) in [6.45, 7) is 2.66. The number of nitrogens with zero attached hydrogens (tertiary/aromatic N) is 2. The van der Waals surface area contributed by atoms with Crippen molar-refractivity contribution in [3.05, 3.63) is 66.1 Å². The molecule has 0 aliphatic carbocycles. The lowest BCUT2D eigenvalue weighted by molar-refractivity contribution is 0.415. The van der Waals surface area contributed by atoms with Crippen molar-refractivity contribution in [2.45, 2.75) is 13.3 Å². The molecular formula is C24H24N6O. The Hall–Kier alpha value is -4.00. The molecule has 2 aromatic carbocycles. The number of nitrogens with two attached hydrogens (primary N) is 1. The molecule has 0 amide bonds. The number of aromatic nitrogens is 4. The highest BCUT2D eigenvalue weighted by atomic mass is 16.5. The van der Waals surface area contributed by atoms with Crippen LogP contribution in [0.4, 0.5) is 11.8 Å². The minimum atomic E-state index is 0.473. The smallest absolute Gasteiger partial charge is 0.224 e. The van der Waals surface area contributed by atoms with Crippen molar-refractivity contribution >= 4 is 33.6 Å². The minimum Gasteiger partial charge on any atom is -0.497 e. The number of ether oxygens (including phenoxy) is 1. The van der Waals surface area contributed by atoms with Gasteiger partial charge in [0.05, 0.1) is 12.8 Å². The van der Waals surface area contributed by atoms with Crippen molar-refractivity contribution in [2.75, 3.05) is 24.7 Å². The summed E-state index contributed by atoms with van der Waals surface area (Å²) in [5, 5.41) is 5.58. The zero-order chi connectivity index (χ0) is 21.4. The summed E-state index contributed by atoms with van der Waals surface area (Å²) in [7, 11) is 1.68. The molecule has 0 bridgehead atoms. The first-order valence-electron chi connectivity index (χ1n) is 10.2. The molecule has 0 unspecified atom stereocenters. The predicted molar refractivity (Wildman–Crippen MR) is 126 cm³/mol. The summed E-state index contributed by atoms with van der Waals surface area (Å²) in [6.07, 6.45) is 4.78. The Morgan fingerprint density at radius 2 is 1.90 bits per heavy atom. The molecule has 7 nitrogen and oxygen atoms in total. The molecule has 0 spiro atoms. The van der Waals surface area contributed by atoms with E-state index >= 15 is 0 Å². The Morgan fingerprint density at radius 3 is 2.74 bits per heavy atom. The van der Waals surface area contributed by atoms with E-state index in [9.17, 15) is 0 Å². The summed E-state index contributed by atoms with van der Waals surface area (Å²) >= 11 is 0. The Kier molecular flexibility index (Phi) is 4.71. The van der Waals surface area contributed by atoms with Gasteiger partial charge in [-0.15, -0.1) is 0 Å². The van der Waals surface area contributed by atoms with Gasteiger partial charge in [-0.25, -0.2) is 4.98 Å². The maximum atomic E-state index is 6.37. The lowest BCUT2D eigenvalue weighted by Gasteiger charge is -2.13. The number of H-pyrrole nitrogens is 2. The molecular weight excluding hydrogens is 388 g/mol. The fraction of sp³-hybridized carbons (Fsp3) is 0.167. The zero-order valence-electron chi connectivity index (χ0n) is 17.5. The van der Waals surface area contributed by atoms with Crippen LogP contribution in [0.3, 0.4) is 0 Å². The van der Waals surface area contributed by atoms with Crippen molar-refractivity contribution in [1.29, 1.82) is 0 Å². The molecule has 0 saturated carbocycles. The molecule has 0 radical (unpaired) electrons. The Balaban J connectivity index is 1.36. The van der Waals surface area contributed by atoms with Crippen LogP contribution in [0.2, 0.25) is 0 Å². The largest absolute Gasteiger partial charge is 0.497 e. The third kappa shape index (κ3) is 3.44. The number of aromatic amines is 2. The van der Waals surface area contributed by atoms with Crippen LogP contribution in [0.25, 0.3) is 32.9 Å². The van der Waals surface area contributed by atoms with Crippen LogP contribution in [-0.4, -0.2) is 33.6 Å². The third-order valence-corrected chi connectivity index (χ3v) is 5.63. The van der Waals surface area contributed by atoms with Gasteiger partial charge in [-0.3, -0.25) is 0 Å². The first-order valence-corrected chi connectivity index (χ1v) is 10.2. The number of benzene rings is 2. The topological polar surface area (TPSA) is 105 Å². The van der Waals surface area contributed by atoms with Crippen LogP contribution in [0.5, 0.6) is 5.75 Å². The van der Waals surface area contributed by atoms with E-state index in [1.165, 1.54) is 5.56 Å². The van der Waals surface area contributed by atoms with Gasteiger partial charge in [-0.2, -0.15) is 4.98 Å². The highest BCUT2D eigenvalue weighted by molar-refractivity contribution is 5.98. The first-order chi connectivity index (χ1) is 15.1. The van der Waals surface area contributed by atoms with E-state index in [1.807, 2.05) is 49.6 Å². The predicted octanol–water partition coefficient (Wildman–Crippen LogP) is 4.66. The van der Waals surface area contributed by atoms with Crippen LogP contribution >= 0.6 is 0 Å². The molecule has 5 rings (SSSR count). The molecule has 7 heteroatoms. The lowest BCUT2D eigenvalue weighted by atomic mass is 10.0. The highest BCUT2D eigenvalue weighted by Gasteiger charge is 2.14. The summed E-state index contributed by atoms with van der Waals surface area (Å²) in [5.74, 6) is 1.86. The Bertz CT molecular complexity index is 1360. The van der Waals surface area contributed by atoms with E-state index in [-0.39, 0.29) is 0 Å². The summed E-state index contributed by atoms with van der Waals surface area (Å²) < 4.78 is 5.35. The standard InChI is InChI=1S/C24H24N6O/c1-14-22(18-4-3-5-20-17(18)9-11-26-20)23(25)30-24(29-14)27-10-8-15-13-28-21-7-6-16(31-2)12-19(15)21/h3-7,9,11-13,26,28H,8,10H2,1-2H3,(H3,25,27,29,30). The van der Waals surface area contributed by atoms with E-state index in [1.54, 1.807) is 7.11 Å². The molecule has 5 N–H and O–H groups in total. The third-order valence-electron chi connectivity index (χ3n) is 5.63. The maximum absolute atomic E-state index is 6.37. The van der Waals surface area contributed by atoms with Gasteiger partial charge in [0.15, 0.2) is 0 Å². The van der Waals surface area contributed by atoms with Gasteiger partial charge in [0.25, 0.3) is 0 Å². The maximum Gasteiger partial charge on any atom is 0.224 e. The van der Waals surface area contributed by atoms with Gasteiger partial charge >= 0.3 is 0 Å². The molecule has 3 heterocycles. The summed E-state index contributed by atoms with van der Waals surface area (Å²) in [4.78, 5) is 15.7. The molecule has 156 valence electrons. The zero-order valence-corrected chi connectivity index (χ0v) is 17.5. The van der Waals surface area contributed by atoms with E-state index < -0.39 is 0 Å². The second-order valence-electron chi connectivity index (χ2n) is 7.54. The van der Waals surface area contributed by atoms with E-state index in [4.69, 9.17) is 10.5 Å². The van der Waals surface area contributed by atoms with E-state index in [2.05, 4.69) is 37.4 Å². The number of aryl methyl sites for hydroxylation is 1. The minimum absolute atomic E-state index is 0.473. The summed E-state index contributed by atoms with van der Waals surface area (Å²) in [6, 6.07) is 14.2. The van der Waals surface area contributed by atoms with Gasteiger partial charge in [0.1, 0.15) is 11.6 Å². The fourth-order valence-corrected chi connectivity index (χ4v) is 4.11. The van der Waals surface area contributed by atoms with Gasteiger partial charge in [-0.05, 0) is 54.8 Å². The summed E-state index contributed by atoms with van der Waals surface area (Å²) in [5.41, 5.74) is 12.5. The monoisotopic (exact) mass is 412 g/mol. The van der Waals surface area contributed by atoms with Gasteiger partial charge in [-0.1, -0.05) is 12.1 Å².